The van der Waals surface area contributed by atoms with Crippen molar-refractivity contribution in [2.45, 2.75) is 13.3 Å². The average Bonchev–Trinajstić information content (AvgIpc) is 2.74. The number of rotatable bonds is 8. The van der Waals surface area contributed by atoms with Crippen molar-refractivity contribution in [1.29, 1.82) is 0 Å². The molecule has 0 amide bonds. The Morgan fingerprint density at radius 3 is 2.32 bits per heavy atom. The fraction of sp³-hybridized carbons (Fsp3) is 0.455. The van der Waals surface area contributed by atoms with Crippen molar-refractivity contribution in [3.8, 4) is 17.2 Å². The summed E-state index contributed by atoms with van der Waals surface area (Å²) in [6.07, 6.45) is 1.01. The van der Waals surface area contributed by atoms with Gasteiger partial charge in [0.1, 0.15) is 5.75 Å². The van der Waals surface area contributed by atoms with Gasteiger partial charge in [0.05, 0.1) is 25.3 Å². The lowest BCUT2D eigenvalue weighted by Crippen LogP contribution is -2.47. The Kier molecular flexibility index (Phi) is 7.45. The highest BCUT2D eigenvalue weighted by atomic mass is 79.9. The number of anilines is 1. The molecule has 0 unspecified atom stereocenters. The SMILES string of the molecule is CCOc1ccc(CCN2CCN(c3ccc(Br)c(OC)c3)CC2)cc1OC. The molecular weight excluding hydrogens is 420 g/mol. The normalized spacial score (nSPS) is 14.8. The van der Waals surface area contributed by atoms with Crippen molar-refractivity contribution in [2.24, 2.45) is 0 Å². The highest BCUT2D eigenvalue weighted by Crippen LogP contribution is 2.30. The van der Waals surface area contributed by atoms with E-state index in [1.807, 2.05) is 13.0 Å². The van der Waals surface area contributed by atoms with Crippen molar-refractivity contribution in [3.05, 3.63) is 46.4 Å². The van der Waals surface area contributed by atoms with Gasteiger partial charge in [-0.3, -0.25) is 4.90 Å². The second-order valence-electron chi connectivity index (χ2n) is 6.82. The molecule has 2 aromatic carbocycles. The van der Waals surface area contributed by atoms with E-state index in [2.05, 4.69) is 56.1 Å². The van der Waals surface area contributed by atoms with Crippen molar-refractivity contribution in [1.82, 2.24) is 4.90 Å². The number of ether oxygens (including phenoxy) is 3. The predicted octanol–water partition coefficient (Wildman–Crippen LogP) is 4.23. The zero-order valence-electron chi connectivity index (χ0n) is 16.9. The van der Waals surface area contributed by atoms with Gasteiger partial charge >= 0.3 is 0 Å². The van der Waals surface area contributed by atoms with Crippen LogP contribution in [-0.2, 0) is 6.42 Å². The van der Waals surface area contributed by atoms with E-state index in [1.165, 1.54) is 11.3 Å². The summed E-state index contributed by atoms with van der Waals surface area (Å²) in [5.41, 5.74) is 2.50. The lowest BCUT2D eigenvalue weighted by Gasteiger charge is -2.36. The first kappa shape index (κ1) is 20.8. The molecule has 5 nitrogen and oxygen atoms in total. The second kappa shape index (κ2) is 10.0. The standard InChI is InChI=1S/C22H29BrN2O3/c1-4-28-20-8-5-17(15-22(20)27-3)9-10-24-11-13-25(14-12-24)18-6-7-19(23)21(16-18)26-2/h5-8,15-16H,4,9-14H2,1-3H3. The van der Waals surface area contributed by atoms with Crippen LogP contribution >= 0.6 is 15.9 Å². The largest absolute Gasteiger partial charge is 0.495 e. The Bertz CT molecular complexity index is 776. The van der Waals surface area contributed by atoms with Gasteiger partial charge in [-0.1, -0.05) is 6.07 Å². The fourth-order valence-electron chi connectivity index (χ4n) is 3.50. The van der Waals surface area contributed by atoms with E-state index in [0.29, 0.717) is 6.61 Å². The summed E-state index contributed by atoms with van der Waals surface area (Å²) < 4.78 is 17.5. The molecule has 6 heteroatoms. The molecule has 152 valence electrons. The Morgan fingerprint density at radius 2 is 1.64 bits per heavy atom. The van der Waals surface area contributed by atoms with E-state index in [1.54, 1.807) is 14.2 Å². The molecule has 0 radical (unpaired) electrons. The first-order chi connectivity index (χ1) is 13.6. The summed E-state index contributed by atoms with van der Waals surface area (Å²) in [7, 11) is 3.40. The van der Waals surface area contributed by atoms with Crippen molar-refractivity contribution in [3.63, 3.8) is 0 Å². The van der Waals surface area contributed by atoms with Crippen LogP contribution in [0.1, 0.15) is 12.5 Å². The fourth-order valence-corrected chi connectivity index (χ4v) is 3.91. The van der Waals surface area contributed by atoms with E-state index >= 15 is 0 Å². The highest BCUT2D eigenvalue weighted by molar-refractivity contribution is 9.10. The maximum absolute atomic E-state index is 5.60. The molecule has 0 bridgehead atoms. The molecule has 1 heterocycles. The average molecular weight is 449 g/mol. The molecule has 0 aromatic heterocycles. The van der Waals surface area contributed by atoms with Crippen molar-refractivity contribution < 1.29 is 14.2 Å². The second-order valence-corrected chi connectivity index (χ2v) is 7.67. The first-order valence-electron chi connectivity index (χ1n) is 9.75. The van der Waals surface area contributed by atoms with Crippen LogP contribution in [0.2, 0.25) is 0 Å². The lowest BCUT2D eigenvalue weighted by atomic mass is 10.1. The molecule has 2 aromatic rings. The third-order valence-electron chi connectivity index (χ3n) is 5.12. The molecule has 0 spiro atoms. The molecule has 0 N–H and O–H groups in total. The molecule has 3 rings (SSSR count). The molecule has 28 heavy (non-hydrogen) atoms. The van der Waals surface area contributed by atoms with Gasteiger partial charge < -0.3 is 19.1 Å². The number of benzene rings is 2. The number of halogens is 1. The quantitative estimate of drug-likeness (QED) is 0.603. The number of nitrogens with zero attached hydrogens (tertiary/aromatic N) is 2. The number of methoxy groups -OCH3 is 2. The van der Waals surface area contributed by atoms with Crippen LogP contribution in [0.5, 0.6) is 17.2 Å². The van der Waals surface area contributed by atoms with E-state index in [9.17, 15) is 0 Å². The maximum Gasteiger partial charge on any atom is 0.161 e. The van der Waals surface area contributed by atoms with Gasteiger partial charge in [0.2, 0.25) is 0 Å². The first-order valence-corrected chi connectivity index (χ1v) is 10.5. The van der Waals surface area contributed by atoms with Crippen LogP contribution < -0.4 is 19.1 Å². The van der Waals surface area contributed by atoms with Gasteiger partial charge in [0, 0.05) is 44.5 Å². The van der Waals surface area contributed by atoms with Crippen LogP contribution in [0, 0.1) is 0 Å². The third-order valence-corrected chi connectivity index (χ3v) is 5.77. The molecule has 1 saturated heterocycles. The Hall–Kier alpha value is -1.92. The number of piperazine rings is 1. The number of hydrogen-bond donors (Lipinski definition) is 0. The van der Waals surface area contributed by atoms with Gasteiger partial charge in [-0.25, -0.2) is 0 Å². The zero-order chi connectivity index (χ0) is 19.9. The topological polar surface area (TPSA) is 34.2 Å². The minimum absolute atomic E-state index is 0.643. The molecule has 1 aliphatic heterocycles. The van der Waals surface area contributed by atoms with Crippen molar-refractivity contribution in [2.75, 3.05) is 58.5 Å². The van der Waals surface area contributed by atoms with Crippen LogP contribution in [0.25, 0.3) is 0 Å². The molecule has 1 fully saturated rings. The summed E-state index contributed by atoms with van der Waals surface area (Å²) in [6.45, 7) is 7.85. The summed E-state index contributed by atoms with van der Waals surface area (Å²) in [4.78, 5) is 4.95. The van der Waals surface area contributed by atoms with Crippen molar-refractivity contribution >= 4 is 21.6 Å². The van der Waals surface area contributed by atoms with Crippen LogP contribution in [0.4, 0.5) is 5.69 Å². The van der Waals surface area contributed by atoms with E-state index in [4.69, 9.17) is 14.2 Å². The summed E-state index contributed by atoms with van der Waals surface area (Å²) in [6, 6.07) is 12.5. The maximum atomic E-state index is 5.60. The minimum atomic E-state index is 0.643. The van der Waals surface area contributed by atoms with E-state index < -0.39 is 0 Å². The summed E-state index contributed by atoms with van der Waals surface area (Å²) in [5, 5.41) is 0. The van der Waals surface area contributed by atoms with Crippen LogP contribution in [-0.4, -0.2) is 58.5 Å². The zero-order valence-corrected chi connectivity index (χ0v) is 18.5. The molecule has 0 aliphatic carbocycles. The summed E-state index contributed by atoms with van der Waals surface area (Å²) in [5.74, 6) is 2.50. The molecular formula is C22H29BrN2O3. The monoisotopic (exact) mass is 448 g/mol. The molecule has 0 saturated carbocycles. The summed E-state index contributed by atoms with van der Waals surface area (Å²) >= 11 is 3.52. The number of hydrogen-bond acceptors (Lipinski definition) is 5. The third kappa shape index (κ3) is 5.11. The highest BCUT2D eigenvalue weighted by Gasteiger charge is 2.18. The lowest BCUT2D eigenvalue weighted by molar-refractivity contribution is 0.260. The van der Waals surface area contributed by atoms with Gasteiger partial charge in [-0.15, -0.1) is 0 Å². The van der Waals surface area contributed by atoms with E-state index in [0.717, 1.165) is 60.9 Å². The predicted molar refractivity (Wildman–Crippen MR) is 117 cm³/mol. The smallest absolute Gasteiger partial charge is 0.161 e. The van der Waals surface area contributed by atoms with Crippen LogP contribution in [0.3, 0.4) is 0 Å². The molecule has 1 aliphatic rings. The van der Waals surface area contributed by atoms with Gasteiger partial charge in [0.25, 0.3) is 0 Å². The van der Waals surface area contributed by atoms with Crippen LogP contribution in [0.15, 0.2) is 40.9 Å². The van der Waals surface area contributed by atoms with Gasteiger partial charge in [-0.05, 0) is 59.1 Å². The Morgan fingerprint density at radius 1 is 0.893 bits per heavy atom. The molecule has 0 atom stereocenters. The van der Waals surface area contributed by atoms with E-state index in [-0.39, 0.29) is 0 Å². The Balaban J connectivity index is 1.52. The Labute approximate surface area is 176 Å². The van der Waals surface area contributed by atoms with Gasteiger partial charge in [-0.2, -0.15) is 0 Å². The minimum Gasteiger partial charge on any atom is -0.495 e. The van der Waals surface area contributed by atoms with Gasteiger partial charge in [0.15, 0.2) is 11.5 Å².